The van der Waals surface area contributed by atoms with Gasteiger partial charge in [-0.05, 0) is 43.7 Å². The molecule has 0 saturated heterocycles. The summed E-state index contributed by atoms with van der Waals surface area (Å²) in [5.41, 5.74) is 2.91. The molecule has 3 aromatic rings. The van der Waals surface area contributed by atoms with E-state index in [0.717, 1.165) is 21.7 Å². The highest BCUT2D eigenvalue weighted by molar-refractivity contribution is 7.92. The molecule has 0 bridgehead atoms. The normalized spacial score (nSPS) is 12.0. The molecule has 7 nitrogen and oxygen atoms in total. The van der Waals surface area contributed by atoms with E-state index in [1.54, 1.807) is 48.5 Å². The molecular formula is C25H27N3O4S. The van der Waals surface area contributed by atoms with Crippen LogP contribution >= 0.6 is 0 Å². The molecule has 0 aliphatic heterocycles. The fourth-order valence-electron chi connectivity index (χ4n) is 3.32. The molecule has 2 N–H and O–H groups in total. The van der Waals surface area contributed by atoms with Gasteiger partial charge in [-0.25, -0.2) is 8.42 Å². The molecule has 172 valence electrons. The molecule has 3 rings (SSSR count). The summed E-state index contributed by atoms with van der Waals surface area (Å²) >= 11 is 0. The summed E-state index contributed by atoms with van der Waals surface area (Å²) in [7, 11) is -3.70. The maximum Gasteiger partial charge on any atom is 0.253 e. The van der Waals surface area contributed by atoms with E-state index in [4.69, 9.17) is 0 Å². The predicted molar refractivity (Wildman–Crippen MR) is 131 cm³/mol. The molecule has 0 aliphatic carbocycles. The van der Waals surface area contributed by atoms with Gasteiger partial charge in [0.1, 0.15) is 6.54 Å². The summed E-state index contributed by atoms with van der Waals surface area (Å²) in [5.74, 6) is -0.905. The average molecular weight is 466 g/mol. The maximum atomic E-state index is 12.9. The third kappa shape index (κ3) is 6.43. The van der Waals surface area contributed by atoms with Crippen molar-refractivity contribution in [2.24, 2.45) is 0 Å². The number of hydrogen-bond acceptors (Lipinski definition) is 4. The van der Waals surface area contributed by atoms with Crippen LogP contribution in [0.2, 0.25) is 0 Å². The third-order valence-corrected chi connectivity index (χ3v) is 6.24. The van der Waals surface area contributed by atoms with E-state index in [9.17, 15) is 18.0 Å². The molecule has 0 radical (unpaired) electrons. The maximum absolute atomic E-state index is 12.9. The largest absolute Gasteiger partial charge is 0.345 e. The summed E-state index contributed by atoms with van der Waals surface area (Å²) in [6.45, 7) is 3.35. The molecule has 0 heterocycles. The van der Waals surface area contributed by atoms with Crippen molar-refractivity contribution in [3.8, 4) is 0 Å². The molecular weight excluding hydrogens is 438 g/mol. The van der Waals surface area contributed by atoms with Gasteiger partial charge in [-0.2, -0.15) is 0 Å². The minimum atomic E-state index is -3.70. The van der Waals surface area contributed by atoms with Gasteiger partial charge < -0.3 is 10.6 Å². The number of anilines is 2. The van der Waals surface area contributed by atoms with Crippen molar-refractivity contribution in [3.05, 3.63) is 95.6 Å². The van der Waals surface area contributed by atoms with E-state index >= 15 is 0 Å². The summed E-state index contributed by atoms with van der Waals surface area (Å²) in [4.78, 5) is 25.7. The minimum absolute atomic E-state index is 0.232. The lowest BCUT2D eigenvalue weighted by atomic mass is 10.1. The third-order valence-electron chi connectivity index (χ3n) is 5.10. The van der Waals surface area contributed by atoms with Gasteiger partial charge in [0.25, 0.3) is 5.91 Å². The number of aryl methyl sites for hydroxylation is 1. The number of benzene rings is 3. The van der Waals surface area contributed by atoms with Gasteiger partial charge in [0.15, 0.2) is 0 Å². The first-order chi connectivity index (χ1) is 15.6. The molecule has 0 aromatic heterocycles. The Balaban J connectivity index is 1.76. The predicted octanol–water partition coefficient (Wildman–Crippen LogP) is 3.89. The first-order valence-corrected chi connectivity index (χ1v) is 12.3. The first kappa shape index (κ1) is 24.0. The highest BCUT2D eigenvalue weighted by atomic mass is 32.2. The SMILES string of the molecule is Cc1ccc(N(CC(=O)Nc2ccccc2C(=O)N[C@H](C)c2ccccc2)S(C)(=O)=O)cc1. The van der Waals surface area contributed by atoms with Gasteiger partial charge in [-0.15, -0.1) is 0 Å². The fourth-order valence-corrected chi connectivity index (χ4v) is 4.18. The highest BCUT2D eigenvalue weighted by Gasteiger charge is 2.22. The van der Waals surface area contributed by atoms with Crippen LogP contribution in [0, 0.1) is 6.92 Å². The molecule has 2 amide bonds. The van der Waals surface area contributed by atoms with Crippen LogP contribution in [0.5, 0.6) is 0 Å². The number of carbonyl (C=O) groups excluding carboxylic acids is 2. The zero-order valence-electron chi connectivity index (χ0n) is 18.8. The smallest absolute Gasteiger partial charge is 0.253 e. The van der Waals surface area contributed by atoms with E-state index in [1.807, 2.05) is 44.2 Å². The standard InChI is InChI=1S/C25H27N3O4S/c1-18-13-15-21(16-14-18)28(33(3,31)32)17-24(29)27-23-12-8-7-11-22(23)25(30)26-19(2)20-9-5-4-6-10-20/h4-16,19H,17H2,1-3H3,(H,26,30)(H,27,29)/t19-/m1/s1. The molecule has 8 heteroatoms. The van der Waals surface area contributed by atoms with Crippen molar-refractivity contribution in [3.63, 3.8) is 0 Å². The van der Waals surface area contributed by atoms with Gasteiger partial charge in [-0.3, -0.25) is 13.9 Å². The Morgan fingerprint density at radius 1 is 0.909 bits per heavy atom. The van der Waals surface area contributed by atoms with Gasteiger partial charge in [0.2, 0.25) is 15.9 Å². The van der Waals surface area contributed by atoms with Gasteiger partial charge in [-0.1, -0.05) is 60.2 Å². The van der Waals surface area contributed by atoms with Crippen molar-refractivity contribution < 1.29 is 18.0 Å². The van der Waals surface area contributed by atoms with Crippen LogP contribution in [-0.4, -0.2) is 33.0 Å². The van der Waals surface area contributed by atoms with Crippen LogP contribution in [-0.2, 0) is 14.8 Å². The Labute approximate surface area is 194 Å². The zero-order chi connectivity index (χ0) is 24.0. The van der Waals surface area contributed by atoms with Crippen molar-refractivity contribution in [2.45, 2.75) is 19.9 Å². The molecule has 1 atom stereocenters. The summed E-state index contributed by atoms with van der Waals surface area (Å²) in [6, 6.07) is 22.8. The lowest BCUT2D eigenvalue weighted by molar-refractivity contribution is -0.114. The van der Waals surface area contributed by atoms with E-state index in [0.29, 0.717) is 11.4 Å². The van der Waals surface area contributed by atoms with E-state index in [-0.39, 0.29) is 17.5 Å². The molecule has 0 unspecified atom stereocenters. The molecule has 0 fully saturated rings. The lowest BCUT2D eigenvalue weighted by Crippen LogP contribution is -2.37. The summed E-state index contributed by atoms with van der Waals surface area (Å²) < 4.78 is 25.7. The topological polar surface area (TPSA) is 95.6 Å². The first-order valence-electron chi connectivity index (χ1n) is 10.4. The fraction of sp³-hybridized carbons (Fsp3) is 0.200. The van der Waals surface area contributed by atoms with Gasteiger partial charge >= 0.3 is 0 Å². The Kier molecular flexibility index (Phi) is 7.50. The van der Waals surface area contributed by atoms with Crippen LogP contribution in [0.3, 0.4) is 0 Å². The number of para-hydroxylation sites is 1. The van der Waals surface area contributed by atoms with Crippen LogP contribution in [0.1, 0.15) is 34.5 Å². The van der Waals surface area contributed by atoms with Crippen molar-refractivity contribution >= 4 is 33.2 Å². The minimum Gasteiger partial charge on any atom is -0.345 e. The van der Waals surface area contributed by atoms with Crippen LogP contribution in [0.25, 0.3) is 0 Å². The average Bonchev–Trinajstić information content (AvgIpc) is 2.78. The number of sulfonamides is 1. The number of nitrogens with zero attached hydrogens (tertiary/aromatic N) is 1. The molecule has 3 aromatic carbocycles. The van der Waals surface area contributed by atoms with Gasteiger partial charge in [0, 0.05) is 0 Å². The molecule has 0 spiro atoms. The van der Waals surface area contributed by atoms with Crippen molar-refractivity contribution in [1.82, 2.24) is 5.32 Å². The summed E-state index contributed by atoms with van der Waals surface area (Å²) in [5, 5.41) is 5.61. The van der Waals surface area contributed by atoms with E-state index in [1.165, 1.54) is 0 Å². The Morgan fingerprint density at radius 2 is 1.52 bits per heavy atom. The van der Waals surface area contributed by atoms with Crippen molar-refractivity contribution in [2.75, 3.05) is 22.4 Å². The van der Waals surface area contributed by atoms with E-state index < -0.39 is 22.5 Å². The summed E-state index contributed by atoms with van der Waals surface area (Å²) in [6.07, 6.45) is 1.05. The van der Waals surface area contributed by atoms with Gasteiger partial charge in [0.05, 0.1) is 29.2 Å². The van der Waals surface area contributed by atoms with Crippen LogP contribution in [0.15, 0.2) is 78.9 Å². The highest BCUT2D eigenvalue weighted by Crippen LogP contribution is 2.20. The van der Waals surface area contributed by atoms with Crippen LogP contribution < -0.4 is 14.9 Å². The second-order valence-electron chi connectivity index (χ2n) is 7.80. The second kappa shape index (κ2) is 10.3. The number of nitrogens with one attached hydrogen (secondary N) is 2. The lowest BCUT2D eigenvalue weighted by Gasteiger charge is -2.22. The van der Waals surface area contributed by atoms with Crippen molar-refractivity contribution in [1.29, 1.82) is 0 Å². The second-order valence-corrected chi connectivity index (χ2v) is 9.71. The zero-order valence-corrected chi connectivity index (χ0v) is 19.6. The number of hydrogen-bond donors (Lipinski definition) is 2. The Morgan fingerprint density at radius 3 is 2.15 bits per heavy atom. The Hall–Kier alpha value is -3.65. The molecule has 0 saturated carbocycles. The quantitative estimate of drug-likeness (QED) is 0.528. The number of amides is 2. The molecule has 33 heavy (non-hydrogen) atoms. The number of rotatable bonds is 8. The monoisotopic (exact) mass is 465 g/mol. The van der Waals surface area contributed by atoms with Crippen LogP contribution in [0.4, 0.5) is 11.4 Å². The van der Waals surface area contributed by atoms with E-state index in [2.05, 4.69) is 10.6 Å². The number of carbonyl (C=O) groups is 2. The Bertz CT molecular complexity index is 1230. The molecule has 0 aliphatic rings.